The molecule has 218 valence electrons. The maximum absolute atomic E-state index is 13.0. The van der Waals surface area contributed by atoms with Gasteiger partial charge in [-0.2, -0.15) is 23.1 Å². The Labute approximate surface area is 236 Å². The van der Waals surface area contributed by atoms with Crippen molar-refractivity contribution in [1.29, 1.82) is 0 Å². The minimum atomic E-state index is -4.38. The van der Waals surface area contributed by atoms with Gasteiger partial charge in [0.1, 0.15) is 0 Å². The first kappa shape index (κ1) is 28.5. The molecule has 0 saturated carbocycles. The van der Waals surface area contributed by atoms with Crippen LogP contribution in [0, 0.1) is 0 Å². The highest BCUT2D eigenvalue weighted by atomic mass is 19.4. The number of nitrogens with zero attached hydrogens (tertiary/aromatic N) is 5. The second kappa shape index (κ2) is 11.8. The van der Waals surface area contributed by atoms with Crippen LogP contribution in [0.25, 0.3) is 11.2 Å². The molecule has 1 aliphatic heterocycles. The Morgan fingerprint density at radius 2 is 1.63 bits per heavy atom. The summed E-state index contributed by atoms with van der Waals surface area (Å²) in [5, 5.41) is 6.72. The first-order chi connectivity index (χ1) is 19.6. The van der Waals surface area contributed by atoms with Gasteiger partial charge in [-0.3, -0.25) is 4.90 Å². The van der Waals surface area contributed by atoms with Crippen molar-refractivity contribution in [2.75, 3.05) is 30.5 Å². The molecule has 0 amide bonds. The fraction of sp³-hybridized carbons (Fsp3) is 0.414. The number of halogens is 3. The molecule has 0 radical (unpaired) electrons. The van der Waals surface area contributed by atoms with Crippen LogP contribution in [-0.2, 0) is 19.3 Å². The van der Waals surface area contributed by atoms with Gasteiger partial charge in [0.05, 0.1) is 18.4 Å². The van der Waals surface area contributed by atoms with Crippen molar-refractivity contribution >= 4 is 22.9 Å². The summed E-state index contributed by atoms with van der Waals surface area (Å²) in [7, 11) is 0. The summed E-state index contributed by atoms with van der Waals surface area (Å²) >= 11 is 0. The second-order valence-corrected chi connectivity index (χ2v) is 10.5. The maximum Gasteiger partial charge on any atom is 0.416 e. The Kier molecular flexibility index (Phi) is 8.20. The highest BCUT2D eigenvalue weighted by Gasteiger charge is 2.30. The topological polar surface area (TPSA) is 89.4 Å². The van der Waals surface area contributed by atoms with Crippen molar-refractivity contribution in [1.82, 2.24) is 24.4 Å². The normalized spacial score (nSPS) is 13.1. The zero-order valence-electron chi connectivity index (χ0n) is 23.5. The lowest BCUT2D eigenvalue weighted by atomic mass is 10.1. The quantitative estimate of drug-likeness (QED) is 0.236. The lowest BCUT2D eigenvalue weighted by Crippen LogP contribution is -2.40. The fourth-order valence-corrected chi connectivity index (χ4v) is 4.91. The number of fused-ring (bicyclic) bond motifs is 2. The molecule has 0 atom stereocenters. The van der Waals surface area contributed by atoms with E-state index in [9.17, 15) is 13.2 Å². The first-order valence-electron chi connectivity index (χ1n) is 13.6. The summed E-state index contributed by atoms with van der Waals surface area (Å²) in [6.45, 7) is 11.1. The number of benzene rings is 2. The molecule has 41 heavy (non-hydrogen) atoms. The number of rotatable bonds is 11. The van der Waals surface area contributed by atoms with Gasteiger partial charge in [0.2, 0.25) is 12.7 Å². The minimum Gasteiger partial charge on any atom is -0.454 e. The van der Waals surface area contributed by atoms with Crippen molar-refractivity contribution < 1.29 is 22.6 Å². The second-order valence-electron chi connectivity index (χ2n) is 10.5. The van der Waals surface area contributed by atoms with Gasteiger partial charge in [-0.15, -0.1) is 0 Å². The van der Waals surface area contributed by atoms with Gasteiger partial charge in [0.15, 0.2) is 28.5 Å². The molecule has 0 saturated heterocycles. The Morgan fingerprint density at radius 1 is 0.927 bits per heavy atom. The van der Waals surface area contributed by atoms with Gasteiger partial charge in [-0.1, -0.05) is 18.2 Å². The van der Waals surface area contributed by atoms with Crippen LogP contribution in [0.4, 0.5) is 24.9 Å². The summed E-state index contributed by atoms with van der Waals surface area (Å²) < 4.78 is 51.8. The molecule has 0 bridgehead atoms. The third-order valence-corrected chi connectivity index (χ3v) is 6.97. The summed E-state index contributed by atoms with van der Waals surface area (Å²) in [6.07, 6.45) is -2.74. The fourth-order valence-electron chi connectivity index (χ4n) is 4.91. The van der Waals surface area contributed by atoms with Crippen LogP contribution in [0.15, 0.2) is 48.8 Å². The molecule has 2 N–H and O–H groups in total. The molecule has 9 nitrogen and oxygen atoms in total. The summed E-state index contributed by atoms with van der Waals surface area (Å²) in [4.78, 5) is 16.4. The van der Waals surface area contributed by atoms with Gasteiger partial charge < -0.3 is 24.7 Å². The average molecular weight is 570 g/mol. The van der Waals surface area contributed by atoms with Crippen molar-refractivity contribution in [3.05, 3.63) is 65.5 Å². The molecule has 0 unspecified atom stereocenters. The van der Waals surface area contributed by atoms with Crippen molar-refractivity contribution in [3.8, 4) is 11.5 Å². The van der Waals surface area contributed by atoms with E-state index in [1.807, 2.05) is 22.8 Å². The zero-order valence-corrected chi connectivity index (χ0v) is 23.5. The molecular weight excluding hydrogens is 535 g/mol. The third-order valence-electron chi connectivity index (χ3n) is 6.97. The Morgan fingerprint density at radius 3 is 2.34 bits per heavy atom. The molecule has 1 aliphatic rings. The average Bonchev–Trinajstić information content (AvgIpc) is 3.56. The van der Waals surface area contributed by atoms with E-state index in [-0.39, 0.29) is 6.79 Å². The Bertz CT molecular complexity index is 1480. The molecular formula is C29H34F3N7O2. The van der Waals surface area contributed by atoms with Crippen LogP contribution in [0.5, 0.6) is 11.5 Å². The molecule has 3 heterocycles. The smallest absolute Gasteiger partial charge is 0.416 e. The number of aromatic nitrogens is 4. The lowest BCUT2D eigenvalue weighted by Gasteiger charge is -2.30. The summed E-state index contributed by atoms with van der Waals surface area (Å²) in [5.41, 5.74) is 2.14. The number of hydrogen-bond acceptors (Lipinski definition) is 8. The number of hydrogen-bond donors (Lipinski definition) is 2. The summed E-state index contributed by atoms with van der Waals surface area (Å²) in [5.74, 6) is 2.39. The monoisotopic (exact) mass is 569 g/mol. The number of nitrogens with one attached hydrogen (secondary N) is 2. The predicted molar refractivity (Wildman–Crippen MR) is 151 cm³/mol. The van der Waals surface area contributed by atoms with Crippen LogP contribution in [0.2, 0.25) is 0 Å². The molecule has 2 aromatic heterocycles. The van der Waals surface area contributed by atoms with Crippen LogP contribution >= 0.6 is 0 Å². The van der Waals surface area contributed by atoms with E-state index < -0.39 is 11.7 Å². The standard InChI is InChI=1S/C29H34F3N7O2/c1-18(2)39(19(3)4)12-11-33-26-25-27(38(16-35-25)15-20-5-8-22(9-6-20)29(30,31)32)37-28(36-26)34-14-21-7-10-23-24(13-21)41-17-40-23/h5-10,13,16,18-19H,11-12,14-15,17H2,1-4H3,(H2,33,34,36,37). The van der Waals surface area contributed by atoms with Crippen LogP contribution in [0.3, 0.4) is 0 Å². The SMILES string of the molecule is CC(C)N(CCNc1nc(NCc2ccc3c(c2)OCO3)nc2c1ncn2Cc1ccc(C(F)(F)F)cc1)C(C)C. The van der Waals surface area contributed by atoms with Crippen molar-refractivity contribution in [2.45, 2.75) is 59.0 Å². The highest BCUT2D eigenvalue weighted by molar-refractivity contribution is 5.84. The third kappa shape index (κ3) is 6.64. The molecule has 0 fully saturated rings. The van der Waals surface area contributed by atoms with Gasteiger partial charge >= 0.3 is 6.18 Å². The molecule has 4 aromatic rings. The Hall–Kier alpha value is -4.06. The van der Waals surface area contributed by atoms with E-state index in [0.29, 0.717) is 71.7 Å². The van der Waals surface area contributed by atoms with E-state index in [2.05, 4.69) is 48.2 Å². The van der Waals surface area contributed by atoms with Crippen molar-refractivity contribution in [2.24, 2.45) is 0 Å². The number of anilines is 2. The molecule has 12 heteroatoms. The number of alkyl halides is 3. The Balaban J connectivity index is 1.40. The van der Waals surface area contributed by atoms with Gasteiger partial charge in [-0.05, 0) is 63.1 Å². The van der Waals surface area contributed by atoms with E-state index in [4.69, 9.17) is 19.4 Å². The van der Waals surface area contributed by atoms with Crippen LogP contribution in [-0.4, -0.2) is 56.4 Å². The first-order valence-corrected chi connectivity index (χ1v) is 13.6. The maximum atomic E-state index is 13.0. The van der Waals surface area contributed by atoms with Gasteiger partial charge in [-0.25, -0.2) is 4.98 Å². The lowest BCUT2D eigenvalue weighted by molar-refractivity contribution is -0.137. The number of imidazole rings is 1. The van der Waals surface area contributed by atoms with Crippen LogP contribution in [0.1, 0.15) is 44.4 Å². The molecule has 5 rings (SSSR count). The van der Waals surface area contributed by atoms with E-state index in [1.54, 1.807) is 6.33 Å². The zero-order chi connectivity index (χ0) is 29.1. The van der Waals surface area contributed by atoms with E-state index in [0.717, 1.165) is 24.2 Å². The van der Waals surface area contributed by atoms with Gasteiger partial charge in [0.25, 0.3) is 0 Å². The van der Waals surface area contributed by atoms with E-state index >= 15 is 0 Å². The van der Waals surface area contributed by atoms with Gasteiger partial charge in [0, 0.05) is 31.7 Å². The minimum absolute atomic E-state index is 0.203. The highest BCUT2D eigenvalue weighted by Crippen LogP contribution is 2.33. The van der Waals surface area contributed by atoms with Crippen LogP contribution < -0.4 is 20.1 Å². The van der Waals surface area contributed by atoms with Crippen molar-refractivity contribution in [3.63, 3.8) is 0 Å². The van der Waals surface area contributed by atoms with E-state index in [1.165, 1.54) is 12.1 Å². The number of ether oxygens (including phenoxy) is 2. The largest absolute Gasteiger partial charge is 0.454 e. The summed E-state index contributed by atoms with van der Waals surface area (Å²) in [6, 6.07) is 11.6. The predicted octanol–water partition coefficient (Wildman–Crippen LogP) is 5.76. The molecule has 2 aromatic carbocycles. The molecule has 0 aliphatic carbocycles. The molecule has 0 spiro atoms.